The third-order valence-corrected chi connectivity index (χ3v) is 7.14. The van der Waals surface area contributed by atoms with Gasteiger partial charge in [-0.15, -0.1) is 0 Å². The molecule has 1 heterocycles. The van der Waals surface area contributed by atoms with E-state index in [1.807, 2.05) is 6.92 Å². The molecule has 2 amide bonds. The third kappa shape index (κ3) is 5.92. The van der Waals surface area contributed by atoms with Crippen molar-refractivity contribution in [2.45, 2.75) is 56.5 Å². The Kier molecular flexibility index (Phi) is 7.27. The zero-order valence-corrected chi connectivity index (χ0v) is 20.1. The van der Waals surface area contributed by atoms with Gasteiger partial charge >= 0.3 is 0 Å². The fourth-order valence-corrected chi connectivity index (χ4v) is 4.90. The number of benzene rings is 2. The van der Waals surface area contributed by atoms with Gasteiger partial charge in [0.15, 0.2) is 5.69 Å². The zero-order valence-electron chi connectivity index (χ0n) is 19.3. The summed E-state index contributed by atoms with van der Waals surface area (Å²) >= 11 is 0. The molecule has 0 saturated heterocycles. The molecule has 0 bridgehead atoms. The van der Waals surface area contributed by atoms with Crippen LogP contribution in [0.25, 0.3) is 10.8 Å². The second-order valence-corrected chi connectivity index (χ2v) is 10.2. The maximum Gasteiger partial charge on any atom is 0.290 e. The fraction of sp³-hybridized carbons (Fsp3) is 0.333. The molecular weight excluding hydrogens is 470 g/mol. The van der Waals surface area contributed by atoms with Gasteiger partial charge in [-0.3, -0.25) is 25.2 Å². The first-order chi connectivity index (χ1) is 16.8. The van der Waals surface area contributed by atoms with Crippen molar-refractivity contribution in [3.05, 3.63) is 70.1 Å². The highest BCUT2D eigenvalue weighted by Crippen LogP contribution is 2.22. The Labute approximate surface area is 202 Å². The van der Waals surface area contributed by atoms with E-state index in [-0.39, 0.29) is 28.6 Å². The number of carbonyl (C=O) groups excluding carboxylic acids is 2. The first kappa shape index (κ1) is 24.6. The number of hydrazine groups is 1. The van der Waals surface area contributed by atoms with Crippen LogP contribution in [0.1, 0.15) is 48.7 Å². The van der Waals surface area contributed by atoms with Crippen molar-refractivity contribution in [1.29, 1.82) is 0 Å². The van der Waals surface area contributed by atoms with E-state index in [4.69, 9.17) is 0 Å². The van der Waals surface area contributed by atoms with Gasteiger partial charge in [-0.2, -0.15) is 5.10 Å². The minimum absolute atomic E-state index is 0.0295. The van der Waals surface area contributed by atoms with E-state index < -0.39 is 21.8 Å². The average Bonchev–Trinajstić information content (AvgIpc) is 3.66. The molecule has 4 rings (SSSR count). The number of hydrogen-bond donors (Lipinski definition) is 3. The van der Waals surface area contributed by atoms with Gasteiger partial charge in [0.2, 0.25) is 15.9 Å². The highest BCUT2D eigenvalue weighted by molar-refractivity contribution is 7.89. The SMILES string of the molecule is CCCn1nc(C(=O)NNC(=O)CCc2ccc(S(=O)(=O)NC3CC3)cc2)c2ccccc2c1=O. The molecule has 0 spiro atoms. The molecule has 35 heavy (non-hydrogen) atoms. The van der Waals surface area contributed by atoms with E-state index in [2.05, 4.69) is 20.7 Å². The molecule has 1 aromatic heterocycles. The summed E-state index contributed by atoms with van der Waals surface area (Å²) in [7, 11) is -3.52. The van der Waals surface area contributed by atoms with Crippen LogP contribution in [0.3, 0.4) is 0 Å². The van der Waals surface area contributed by atoms with Crippen molar-refractivity contribution < 1.29 is 18.0 Å². The first-order valence-electron chi connectivity index (χ1n) is 11.5. The van der Waals surface area contributed by atoms with E-state index in [9.17, 15) is 22.8 Å². The number of fused-ring (bicyclic) bond motifs is 1. The predicted octanol–water partition coefficient (Wildman–Crippen LogP) is 1.64. The maximum absolute atomic E-state index is 12.8. The molecule has 3 N–H and O–H groups in total. The summed E-state index contributed by atoms with van der Waals surface area (Å²) in [4.78, 5) is 37.8. The summed E-state index contributed by atoms with van der Waals surface area (Å²) in [5.41, 5.74) is 5.30. The van der Waals surface area contributed by atoms with Crippen LogP contribution in [0.15, 0.2) is 58.2 Å². The van der Waals surface area contributed by atoms with Crippen LogP contribution in [-0.2, 0) is 27.8 Å². The van der Waals surface area contributed by atoms with E-state index in [0.717, 1.165) is 18.4 Å². The van der Waals surface area contributed by atoms with Gasteiger partial charge in [-0.25, -0.2) is 17.8 Å². The molecule has 1 fully saturated rings. The standard InChI is InChI=1S/C24H27N5O5S/c1-2-15-29-24(32)20-6-4-3-5-19(20)22(27-29)23(31)26-25-21(30)14-9-16-7-12-18(13-8-16)35(33,34)28-17-10-11-17/h3-8,12-13,17,28H,2,9-11,14-15H2,1H3,(H,25,30)(H,26,31). The highest BCUT2D eigenvalue weighted by atomic mass is 32.2. The van der Waals surface area contributed by atoms with Crippen LogP contribution in [0, 0.1) is 0 Å². The molecule has 1 saturated carbocycles. The lowest BCUT2D eigenvalue weighted by atomic mass is 10.1. The lowest BCUT2D eigenvalue weighted by Crippen LogP contribution is -2.42. The van der Waals surface area contributed by atoms with Crippen molar-refractivity contribution in [3.63, 3.8) is 0 Å². The van der Waals surface area contributed by atoms with Crippen LogP contribution in [0.5, 0.6) is 0 Å². The second-order valence-electron chi connectivity index (χ2n) is 8.46. The summed E-state index contributed by atoms with van der Waals surface area (Å²) in [6, 6.07) is 13.1. The van der Waals surface area contributed by atoms with E-state index in [1.54, 1.807) is 36.4 Å². The van der Waals surface area contributed by atoms with E-state index in [0.29, 0.717) is 30.2 Å². The lowest BCUT2D eigenvalue weighted by molar-refractivity contribution is -0.121. The molecule has 0 radical (unpaired) electrons. The van der Waals surface area contributed by atoms with Crippen molar-refractivity contribution in [2.24, 2.45) is 0 Å². The Morgan fingerprint density at radius 2 is 1.71 bits per heavy atom. The molecule has 11 heteroatoms. The summed E-state index contributed by atoms with van der Waals surface area (Å²) in [6.45, 7) is 2.27. The molecule has 2 aromatic carbocycles. The topological polar surface area (TPSA) is 139 Å². The molecule has 184 valence electrons. The molecule has 1 aliphatic carbocycles. The number of hydrogen-bond acceptors (Lipinski definition) is 6. The van der Waals surface area contributed by atoms with Gasteiger partial charge in [-0.05, 0) is 49.4 Å². The number of carbonyl (C=O) groups is 2. The number of amides is 2. The van der Waals surface area contributed by atoms with Gasteiger partial charge < -0.3 is 0 Å². The number of nitrogens with one attached hydrogen (secondary N) is 3. The zero-order chi connectivity index (χ0) is 25.0. The summed E-state index contributed by atoms with van der Waals surface area (Å²) in [5, 5.41) is 4.98. The Morgan fingerprint density at radius 3 is 2.37 bits per heavy atom. The molecule has 10 nitrogen and oxygen atoms in total. The van der Waals surface area contributed by atoms with E-state index in [1.165, 1.54) is 16.8 Å². The fourth-order valence-electron chi connectivity index (χ4n) is 3.60. The number of aryl methyl sites for hydroxylation is 2. The molecule has 0 atom stereocenters. The van der Waals surface area contributed by atoms with Crippen LogP contribution >= 0.6 is 0 Å². The average molecular weight is 498 g/mol. The van der Waals surface area contributed by atoms with Crippen LogP contribution in [-0.4, -0.2) is 36.1 Å². The quantitative estimate of drug-likeness (QED) is 0.384. The van der Waals surface area contributed by atoms with Crippen LogP contribution in [0.4, 0.5) is 0 Å². The number of rotatable bonds is 9. The van der Waals surface area contributed by atoms with Crippen molar-refractivity contribution in [2.75, 3.05) is 0 Å². The molecule has 3 aromatic rings. The van der Waals surface area contributed by atoms with E-state index >= 15 is 0 Å². The summed E-state index contributed by atoms with van der Waals surface area (Å²) in [5.74, 6) is -1.05. The van der Waals surface area contributed by atoms with Gasteiger partial charge in [0.1, 0.15) is 0 Å². The van der Waals surface area contributed by atoms with Crippen LogP contribution in [0.2, 0.25) is 0 Å². The Hall–Kier alpha value is -3.57. The highest BCUT2D eigenvalue weighted by Gasteiger charge is 2.27. The Morgan fingerprint density at radius 1 is 1.03 bits per heavy atom. The normalized spacial score (nSPS) is 13.5. The van der Waals surface area contributed by atoms with Crippen molar-refractivity contribution >= 4 is 32.6 Å². The van der Waals surface area contributed by atoms with Gasteiger partial charge in [-0.1, -0.05) is 37.3 Å². The largest absolute Gasteiger partial charge is 0.290 e. The first-order valence-corrected chi connectivity index (χ1v) is 13.0. The second kappa shape index (κ2) is 10.4. The minimum atomic E-state index is -3.52. The predicted molar refractivity (Wildman–Crippen MR) is 130 cm³/mol. The molecule has 0 unspecified atom stereocenters. The smallest absolute Gasteiger partial charge is 0.273 e. The lowest BCUT2D eigenvalue weighted by Gasteiger charge is -2.11. The van der Waals surface area contributed by atoms with Gasteiger partial charge in [0, 0.05) is 24.4 Å². The van der Waals surface area contributed by atoms with Gasteiger partial charge in [0.25, 0.3) is 11.5 Å². The summed E-state index contributed by atoms with van der Waals surface area (Å²) in [6.07, 6.45) is 2.83. The molecule has 0 aliphatic heterocycles. The Bertz CT molecular complexity index is 1410. The molecule has 1 aliphatic rings. The van der Waals surface area contributed by atoms with Gasteiger partial charge in [0.05, 0.1) is 10.3 Å². The number of sulfonamides is 1. The monoisotopic (exact) mass is 497 g/mol. The minimum Gasteiger partial charge on any atom is -0.273 e. The molecular formula is C24H27N5O5S. The third-order valence-electron chi connectivity index (χ3n) is 5.61. The van der Waals surface area contributed by atoms with Crippen molar-refractivity contribution in [1.82, 2.24) is 25.4 Å². The summed E-state index contributed by atoms with van der Waals surface area (Å²) < 4.78 is 28.4. The number of aromatic nitrogens is 2. The van der Waals surface area contributed by atoms with Crippen LogP contribution < -0.4 is 21.1 Å². The maximum atomic E-state index is 12.8. The number of nitrogens with zero attached hydrogens (tertiary/aromatic N) is 2. The van der Waals surface area contributed by atoms with Crippen molar-refractivity contribution in [3.8, 4) is 0 Å². The Balaban J connectivity index is 1.35.